The molecule has 1 unspecified atom stereocenters. The third kappa shape index (κ3) is 5.03. The van der Waals surface area contributed by atoms with Crippen LogP contribution < -0.4 is 15.8 Å². The lowest BCUT2D eigenvalue weighted by Gasteiger charge is -2.35. The zero-order valence-electron chi connectivity index (χ0n) is 16.5. The summed E-state index contributed by atoms with van der Waals surface area (Å²) in [7, 11) is 1.63. The van der Waals surface area contributed by atoms with Gasteiger partial charge < -0.3 is 15.8 Å². The summed E-state index contributed by atoms with van der Waals surface area (Å²) in [6, 6.07) is 12.0. The predicted octanol–water partition coefficient (Wildman–Crippen LogP) is 3.14. The summed E-state index contributed by atoms with van der Waals surface area (Å²) >= 11 is 0. The molecular weight excluding hydrogens is 372 g/mol. The van der Waals surface area contributed by atoms with E-state index in [2.05, 4.69) is 10.2 Å². The molecule has 0 radical (unpaired) electrons. The summed E-state index contributed by atoms with van der Waals surface area (Å²) in [5.41, 5.74) is 6.71. The molecule has 0 saturated carbocycles. The number of ether oxygens (including phenoxy) is 1. The second-order valence-corrected chi connectivity index (χ2v) is 7.13. The Balaban J connectivity index is 1.76. The van der Waals surface area contributed by atoms with E-state index in [0.29, 0.717) is 6.54 Å². The van der Waals surface area contributed by atoms with E-state index in [1.807, 2.05) is 24.3 Å². The average molecular weight is 398 g/mol. The smallest absolute Gasteiger partial charge is 0.292 e. The van der Waals surface area contributed by atoms with E-state index in [1.165, 1.54) is 24.6 Å². The molecule has 1 aliphatic heterocycles. The van der Waals surface area contributed by atoms with Crippen LogP contribution in [-0.2, 0) is 0 Å². The highest BCUT2D eigenvalue weighted by Gasteiger charge is 2.24. The van der Waals surface area contributed by atoms with Crippen molar-refractivity contribution in [2.75, 3.05) is 32.5 Å². The van der Waals surface area contributed by atoms with E-state index in [4.69, 9.17) is 10.5 Å². The number of nitro groups is 1. The number of benzene rings is 2. The molecule has 2 aromatic carbocycles. The normalized spacial score (nSPS) is 15.5. The van der Waals surface area contributed by atoms with Crippen LogP contribution in [0.4, 0.5) is 11.4 Å². The lowest BCUT2D eigenvalue weighted by atomic mass is 10.0. The van der Waals surface area contributed by atoms with Crippen molar-refractivity contribution in [3.63, 3.8) is 0 Å². The SMILES string of the molecule is COc1ccc(C(CNC(=O)c2ccc(N)c([N+](=O)[O-])c2)N2CCCCC2)cc1. The molecule has 2 aromatic rings. The molecule has 1 amide bonds. The number of likely N-dealkylation sites (tertiary alicyclic amines) is 1. The van der Waals surface area contributed by atoms with E-state index in [1.54, 1.807) is 7.11 Å². The van der Waals surface area contributed by atoms with Gasteiger partial charge in [-0.3, -0.25) is 19.8 Å². The molecule has 1 aliphatic rings. The Hall–Kier alpha value is -3.13. The molecule has 0 aliphatic carbocycles. The molecule has 1 heterocycles. The van der Waals surface area contributed by atoms with Crippen LogP contribution in [0.5, 0.6) is 5.75 Å². The second-order valence-electron chi connectivity index (χ2n) is 7.13. The number of anilines is 1. The van der Waals surface area contributed by atoms with Crippen LogP contribution in [0, 0.1) is 10.1 Å². The molecule has 3 rings (SSSR count). The average Bonchev–Trinajstić information content (AvgIpc) is 2.75. The summed E-state index contributed by atoms with van der Waals surface area (Å²) in [5, 5.41) is 14.0. The number of carbonyl (C=O) groups excluding carboxylic acids is 1. The minimum absolute atomic E-state index is 0.0222. The molecule has 8 nitrogen and oxygen atoms in total. The number of nitrogens with one attached hydrogen (secondary N) is 1. The number of piperidine rings is 1. The highest BCUT2D eigenvalue weighted by molar-refractivity contribution is 5.95. The van der Waals surface area contributed by atoms with Crippen molar-refractivity contribution in [2.24, 2.45) is 0 Å². The molecular formula is C21H26N4O4. The standard InChI is InChI=1S/C21H26N4O4/c1-29-17-8-5-15(6-9-17)20(24-11-3-2-4-12-24)14-23-21(26)16-7-10-18(22)19(13-16)25(27)28/h5-10,13,20H,2-4,11-12,14,22H2,1H3,(H,23,26). The minimum atomic E-state index is -0.583. The lowest BCUT2D eigenvalue weighted by Crippen LogP contribution is -2.40. The van der Waals surface area contributed by atoms with Crippen molar-refractivity contribution in [1.29, 1.82) is 0 Å². The number of nitrogens with zero attached hydrogens (tertiary/aromatic N) is 2. The molecule has 0 spiro atoms. The Bertz CT molecular complexity index is 863. The molecule has 1 fully saturated rings. The fourth-order valence-electron chi connectivity index (χ4n) is 3.65. The van der Waals surface area contributed by atoms with Gasteiger partial charge in [0.2, 0.25) is 0 Å². The maximum atomic E-state index is 12.6. The van der Waals surface area contributed by atoms with Gasteiger partial charge in [-0.05, 0) is 55.8 Å². The zero-order chi connectivity index (χ0) is 20.8. The number of methoxy groups -OCH3 is 1. The fourth-order valence-corrected chi connectivity index (χ4v) is 3.65. The molecule has 1 saturated heterocycles. The number of hydrogen-bond acceptors (Lipinski definition) is 6. The molecule has 3 N–H and O–H groups in total. The number of nitrogens with two attached hydrogens (primary N) is 1. The molecule has 0 bridgehead atoms. The Labute approximate surface area is 169 Å². The minimum Gasteiger partial charge on any atom is -0.497 e. The number of hydrogen-bond donors (Lipinski definition) is 2. The molecule has 8 heteroatoms. The van der Waals surface area contributed by atoms with Gasteiger partial charge in [-0.15, -0.1) is 0 Å². The van der Waals surface area contributed by atoms with Crippen molar-refractivity contribution in [2.45, 2.75) is 25.3 Å². The number of amides is 1. The highest BCUT2D eigenvalue weighted by atomic mass is 16.6. The van der Waals surface area contributed by atoms with Crippen LogP contribution in [0.15, 0.2) is 42.5 Å². The number of carbonyl (C=O) groups is 1. The van der Waals surface area contributed by atoms with Crippen LogP contribution >= 0.6 is 0 Å². The van der Waals surface area contributed by atoms with Gasteiger partial charge in [0.25, 0.3) is 11.6 Å². The van der Waals surface area contributed by atoms with Crippen molar-refractivity contribution < 1.29 is 14.5 Å². The predicted molar refractivity (Wildman–Crippen MR) is 111 cm³/mol. The van der Waals surface area contributed by atoms with Crippen molar-refractivity contribution in [3.05, 3.63) is 63.7 Å². The van der Waals surface area contributed by atoms with Gasteiger partial charge in [-0.2, -0.15) is 0 Å². The Morgan fingerprint density at radius 1 is 1.21 bits per heavy atom. The van der Waals surface area contributed by atoms with Crippen LogP contribution in [0.3, 0.4) is 0 Å². The van der Waals surface area contributed by atoms with Crippen molar-refractivity contribution >= 4 is 17.3 Å². The summed E-state index contributed by atoms with van der Waals surface area (Å²) in [5.74, 6) is 0.424. The van der Waals surface area contributed by atoms with Gasteiger partial charge in [0, 0.05) is 18.2 Å². The monoisotopic (exact) mass is 398 g/mol. The van der Waals surface area contributed by atoms with Crippen molar-refractivity contribution in [1.82, 2.24) is 10.2 Å². The van der Waals surface area contributed by atoms with E-state index in [0.717, 1.165) is 37.2 Å². The summed E-state index contributed by atoms with van der Waals surface area (Å²) in [4.78, 5) is 25.5. The van der Waals surface area contributed by atoms with Gasteiger partial charge in [-0.25, -0.2) is 0 Å². The molecule has 1 atom stereocenters. The van der Waals surface area contributed by atoms with E-state index in [-0.39, 0.29) is 28.9 Å². The Morgan fingerprint density at radius 3 is 2.52 bits per heavy atom. The molecule has 154 valence electrons. The summed E-state index contributed by atoms with van der Waals surface area (Å²) < 4.78 is 5.24. The summed E-state index contributed by atoms with van der Waals surface area (Å²) in [6.45, 7) is 2.35. The van der Waals surface area contributed by atoms with Crippen LogP contribution in [0.25, 0.3) is 0 Å². The molecule has 29 heavy (non-hydrogen) atoms. The zero-order valence-corrected chi connectivity index (χ0v) is 16.5. The van der Waals surface area contributed by atoms with Crippen LogP contribution in [0.2, 0.25) is 0 Å². The molecule has 0 aromatic heterocycles. The lowest BCUT2D eigenvalue weighted by molar-refractivity contribution is -0.383. The first-order valence-electron chi connectivity index (χ1n) is 9.69. The quantitative estimate of drug-likeness (QED) is 0.421. The number of rotatable bonds is 7. The van der Waals surface area contributed by atoms with Gasteiger partial charge in [-0.1, -0.05) is 18.6 Å². The van der Waals surface area contributed by atoms with Gasteiger partial charge >= 0.3 is 0 Å². The van der Waals surface area contributed by atoms with Crippen LogP contribution in [-0.4, -0.2) is 42.5 Å². The third-order valence-corrected chi connectivity index (χ3v) is 5.28. The maximum absolute atomic E-state index is 12.6. The topological polar surface area (TPSA) is 111 Å². The maximum Gasteiger partial charge on any atom is 0.292 e. The number of nitro benzene ring substituents is 1. The first-order valence-corrected chi connectivity index (χ1v) is 9.69. The van der Waals surface area contributed by atoms with E-state index >= 15 is 0 Å². The Kier molecular flexibility index (Phi) is 6.66. The van der Waals surface area contributed by atoms with Gasteiger partial charge in [0.1, 0.15) is 11.4 Å². The summed E-state index contributed by atoms with van der Waals surface area (Å²) in [6.07, 6.45) is 3.48. The fraction of sp³-hybridized carbons (Fsp3) is 0.381. The van der Waals surface area contributed by atoms with E-state index in [9.17, 15) is 14.9 Å². The highest BCUT2D eigenvalue weighted by Crippen LogP contribution is 2.26. The Morgan fingerprint density at radius 2 is 1.90 bits per heavy atom. The van der Waals surface area contributed by atoms with E-state index < -0.39 is 4.92 Å². The second kappa shape index (κ2) is 9.38. The third-order valence-electron chi connectivity index (χ3n) is 5.28. The van der Waals surface area contributed by atoms with Crippen LogP contribution in [0.1, 0.15) is 41.2 Å². The number of nitrogen functional groups attached to an aromatic ring is 1. The first kappa shape index (κ1) is 20.6. The largest absolute Gasteiger partial charge is 0.497 e. The van der Waals surface area contributed by atoms with Gasteiger partial charge in [0.15, 0.2) is 0 Å². The first-order chi connectivity index (χ1) is 14.0. The van der Waals surface area contributed by atoms with Gasteiger partial charge in [0.05, 0.1) is 18.1 Å². The van der Waals surface area contributed by atoms with Crippen molar-refractivity contribution in [3.8, 4) is 5.75 Å².